The fraction of sp³-hybridized carbons (Fsp3) is 0.636. The lowest BCUT2D eigenvalue weighted by molar-refractivity contribution is -0.0441. The maximum Gasteiger partial charge on any atom is 0.512 e. The molecular formula is C22H29F5N2O6S2. The Morgan fingerprint density at radius 3 is 2.19 bits per heavy atom. The zero-order chi connectivity index (χ0) is 27.4. The molecule has 0 aromatic heterocycles. The molecule has 15 heteroatoms. The molecule has 1 aromatic carbocycles. The third kappa shape index (κ3) is 6.66. The van der Waals surface area contributed by atoms with Gasteiger partial charge in [-0.05, 0) is 58.3 Å². The molecule has 1 saturated heterocycles. The first-order valence-corrected chi connectivity index (χ1v) is 14.9. The normalized spacial score (nSPS) is 20.7. The fourth-order valence-electron chi connectivity index (χ4n) is 4.28. The Balaban J connectivity index is 2.26. The van der Waals surface area contributed by atoms with Crippen molar-refractivity contribution in [1.82, 2.24) is 4.13 Å². The van der Waals surface area contributed by atoms with Crippen molar-refractivity contribution in [2.75, 3.05) is 24.6 Å². The van der Waals surface area contributed by atoms with Crippen LogP contribution in [0.2, 0.25) is 0 Å². The van der Waals surface area contributed by atoms with Crippen LogP contribution < -0.4 is 18.5 Å². The Hall–Kier alpha value is -2.13. The number of hydrogen-bond donors (Lipinski definition) is 1. The molecule has 1 heterocycles. The van der Waals surface area contributed by atoms with Crippen molar-refractivity contribution in [3.63, 3.8) is 0 Å². The quantitative estimate of drug-likeness (QED) is 0.352. The Morgan fingerprint density at radius 1 is 0.946 bits per heavy atom. The molecule has 1 fully saturated rings. The van der Waals surface area contributed by atoms with E-state index in [1.165, 1.54) is 11.8 Å². The second-order valence-electron chi connectivity index (χ2n) is 8.70. The van der Waals surface area contributed by atoms with Crippen LogP contribution in [0.5, 0.6) is 11.5 Å². The van der Waals surface area contributed by atoms with E-state index in [4.69, 9.17) is 9.47 Å². The molecule has 0 saturated carbocycles. The second kappa shape index (κ2) is 11.7. The first-order valence-electron chi connectivity index (χ1n) is 11.9. The van der Waals surface area contributed by atoms with E-state index >= 15 is 8.78 Å². The molecule has 0 spiro atoms. The summed E-state index contributed by atoms with van der Waals surface area (Å²) in [5.74, 6) is -5.12. The maximum absolute atomic E-state index is 16.0. The van der Waals surface area contributed by atoms with E-state index in [0.717, 1.165) is 6.42 Å². The summed E-state index contributed by atoms with van der Waals surface area (Å²) >= 11 is 0. The number of halogens is 5. The molecule has 0 radical (unpaired) electrons. The molecule has 1 aromatic rings. The second-order valence-corrected chi connectivity index (χ2v) is 12.3. The summed E-state index contributed by atoms with van der Waals surface area (Å²) in [5.41, 5.74) is -6.65. The fourth-order valence-corrected chi connectivity index (χ4v) is 6.92. The van der Waals surface area contributed by atoms with Gasteiger partial charge in [0.05, 0.1) is 12.7 Å². The summed E-state index contributed by atoms with van der Waals surface area (Å²) in [6.45, 7) is 1.46. The minimum Gasteiger partial charge on any atom is -0.489 e. The van der Waals surface area contributed by atoms with Crippen LogP contribution in [0.15, 0.2) is 17.0 Å². The highest BCUT2D eigenvalue weighted by Crippen LogP contribution is 2.46. The van der Waals surface area contributed by atoms with Gasteiger partial charge in [-0.15, -0.1) is 0 Å². The lowest BCUT2D eigenvalue weighted by Gasteiger charge is -2.32. The monoisotopic (exact) mass is 576 g/mol. The number of anilines is 1. The molecule has 1 aliphatic carbocycles. The number of nitrogens with one attached hydrogen (secondary N) is 1. The van der Waals surface area contributed by atoms with Gasteiger partial charge in [-0.25, -0.2) is 25.6 Å². The van der Waals surface area contributed by atoms with Crippen LogP contribution in [0, 0.1) is 11.6 Å². The van der Waals surface area contributed by atoms with Crippen LogP contribution in [0.3, 0.4) is 0 Å². The lowest BCUT2D eigenvalue weighted by atomic mass is 10.0. The van der Waals surface area contributed by atoms with Crippen LogP contribution >= 0.6 is 0 Å². The van der Waals surface area contributed by atoms with E-state index in [9.17, 15) is 30.0 Å². The van der Waals surface area contributed by atoms with Gasteiger partial charge in [0, 0.05) is 13.1 Å². The highest BCUT2D eigenvalue weighted by Gasteiger charge is 2.50. The van der Waals surface area contributed by atoms with Crippen LogP contribution in [0.25, 0.3) is 0 Å². The number of hydrogen-bond acceptors (Lipinski definition) is 7. The number of allylic oxidation sites excluding steroid dienone is 2. The van der Waals surface area contributed by atoms with E-state index < -0.39 is 65.4 Å². The van der Waals surface area contributed by atoms with E-state index in [0.29, 0.717) is 49.1 Å². The first-order chi connectivity index (χ1) is 17.3. The van der Waals surface area contributed by atoms with Crippen LogP contribution in [-0.2, 0) is 20.0 Å². The molecular weight excluding hydrogens is 547 g/mol. The van der Waals surface area contributed by atoms with Gasteiger partial charge in [0.15, 0.2) is 28.0 Å². The molecule has 1 N–H and O–H groups in total. The molecule has 3 rings (SSSR count). The summed E-state index contributed by atoms with van der Waals surface area (Å²) in [6.07, 6.45) is 7.43. The zero-order valence-electron chi connectivity index (χ0n) is 20.1. The largest absolute Gasteiger partial charge is 0.512 e. The molecule has 0 bridgehead atoms. The number of ether oxygens (including phenoxy) is 2. The third-order valence-electron chi connectivity index (χ3n) is 5.98. The van der Waals surface area contributed by atoms with Crippen LogP contribution in [-0.4, -0.2) is 48.1 Å². The topological polar surface area (TPSA) is 102 Å². The predicted octanol–water partition coefficient (Wildman–Crippen LogP) is 4.75. The average molecular weight is 577 g/mol. The third-order valence-corrected chi connectivity index (χ3v) is 9.26. The molecule has 1 aliphatic heterocycles. The molecule has 8 nitrogen and oxygen atoms in total. The highest BCUT2D eigenvalue weighted by atomic mass is 32.3. The van der Waals surface area contributed by atoms with Crippen LogP contribution in [0.1, 0.15) is 58.3 Å². The summed E-state index contributed by atoms with van der Waals surface area (Å²) in [5, 5.41) is 0. The Labute approximate surface area is 212 Å². The number of nitrogens with zero attached hydrogens (tertiary/aromatic N) is 1. The SMILES string of the molecule is CCOc1c(F)c(N2CCCCC2)c(F)c(OC2CC/C=C\CCC2)c1S(=O)(=O)NS(=O)(=O)C(F)(F)F. The van der Waals surface area contributed by atoms with Crippen molar-refractivity contribution < 1.29 is 48.3 Å². The number of benzene rings is 1. The van der Waals surface area contributed by atoms with E-state index in [-0.39, 0.29) is 19.7 Å². The van der Waals surface area contributed by atoms with Crippen molar-refractivity contribution in [2.24, 2.45) is 0 Å². The summed E-state index contributed by atoms with van der Waals surface area (Å²) in [4.78, 5) is -0.128. The molecule has 2 aliphatic rings. The van der Waals surface area contributed by atoms with Crippen molar-refractivity contribution >= 4 is 25.7 Å². The van der Waals surface area contributed by atoms with Gasteiger partial charge in [-0.1, -0.05) is 16.3 Å². The molecule has 1 unspecified atom stereocenters. The van der Waals surface area contributed by atoms with Gasteiger partial charge in [-0.3, -0.25) is 0 Å². The number of rotatable bonds is 8. The summed E-state index contributed by atoms with van der Waals surface area (Å²) in [7, 11) is -12.2. The summed E-state index contributed by atoms with van der Waals surface area (Å²) < 4.78 is 132. The van der Waals surface area contributed by atoms with Gasteiger partial charge in [-0.2, -0.15) is 13.2 Å². The van der Waals surface area contributed by atoms with Crippen LogP contribution in [0.4, 0.5) is 27.6 Å². The first kappa shape index (κ1) is 29.4. The van der Waals surface area contributed by atoms with Gasteiger partial charge in [0.25, 0.3) is 10.0 Å². The minimum absolute atomic E-state index is 0.236. The average Bonchev–Trinajstić information content (AvgIpc) is 2.77. The van der Waals surface area contributed by atoms with E-state index in [1.807, 2.05) is 12.2 Å². The van der Waals surface area contributed by atoms with Crippen molar-refractivity contribution in [1.29, 1.82) is 0 Å². The number of piperidine rings is 1. The molecule has 1 atom stereocenters. The molecule has 37 heavy (non-hydrogen) atoms. The molecule has 0 amide bonds. The lowest BCUT2D eigenvalue weighted by Crippen LogP contribution is -2.40. The maximum atomic E-state index is 16.0. The Kier molecular flexibility index (Phi) is 9.32. The number of sulfonamides is 2. The van der Waals surface area contributed by atoms with Gasteiger partial charge >= 0.3 is 15.5 Å². The predicted molar refractivity (Wildman–Crippen MR) is 126 cm³/mol. The zero-order valence-corrected chi connectivity index (χ0v) is 21.7. The van der Waals surface area contributed by atoms with Crippen molar-refractivity contribution in [3.05, 3.63) is 23.8 Å². The van der Waals surface area contributed by atoms with Gasteiger partial charge < -0.3 is 14.4 Å². The summed E-state index contributed by atoms with van der Waals surface area (Å²) in [6, 6.07) is 0. The van der Waals surface area contributed by atoms with Crippen molar-refractivity contribution in [3.8, 4) is 11.5 Å². The smallest absolute Gasteiger partial charge is 0.489 e. The Morgan fingerprint density at radius 2 is 1.57 bits per heavy atom. The van der Waals surface area contributed by atoms with Gasteiger partial charge in [0.1, 0.15) is 5.69 Å². The Bertz CT molecular complexity index is 1210. The van der Waals surface area contributed by atoms with Gasteiger partial charge in [0.2, 0.25) is 0 Å². The standard InChI is InChI=1S/C22H29F5N2O6S2/c1-2-34-19-16(23)18(29-13-9-6-10-14-29)17(24)20(35-15-11-7-4-3-5-8-12-15)21(19)36(30,31)28-37(32,33)22(25,26)27/h3-4,15,28H,2,5-14H2,1H3/b4-3-. The highest BCUT2D eigenvalue weighted by molar-refractivity contribution is 8.05. The minimum atomic E-state index is -6.47. The molecule has 210 valence electrons. The van der Waals surface area contributed by atoms with E-state index in [2.05, 4.69) is 0 Å². The number of alkyl halides is 3. The van der Waals surface area contributed by atoms with Crippen molar-refractivity contribution in [2.45, 2.75) is 74.8 Å². The van der Waals surface area contributed by atoms with E-state index in [1.54, 1.807) is 0 Å².